The largest absolute Gasteiger partial charge is 0.311 e. The quantitative estimate of drug-likeness (QED) is 0.141. The first-order chi connectivity index (χ1) is 30.3. The fourth-order valence-corrected chi connectivity index (χ4v) is 14.7. The molecule has 0 radical (unpaired) electrons. The second-order valence-corrected chi connectivity index (χ2v) is 19.4. The highest BCUT2D eigenvalue weighted by Crippen LogP contribution is 2.44. The summed E-state index contributed by atoms with van der Waals surface area (Å²) in [7, 11) is -2.95. The van der Waals surface area contributed by atoms with E-state index in [2.05, 4.69) is 265 Å². The molecule has 2 nitrogen and oxygen atoms in total. The number of anilines is 6. The molecule has 61 heavy (non-hydrogen) atoms. The lowest BCUT2D eigenvalue weighted by Crippen LogP contribution is -2.77. The van der Waals surface area contributed by atoms with Gasteiger partial charge in [0.25, 0.3) is 0 Å². The predicted octanol–water partition coefficient (Wildman–Crippen LogP) is 12.8. The summed E-state index contributed by atoms with van der Waals surface area (Å²) in [5.74, 6) is 0. The molecule has 0 aliphatic carbocycles. The average Bonchev–Trinajstić information content (AvgIpc) is 3.34. The van der Waals surface area contributed by atoms with Gasteiger partial charge in [-0.3, -0.25) is 0 Å². The van der Waals surface area contributed by atoms with Gasteiger partial charge in [0.05, 0.1) is 5.69 Å². The fourth-order valence-electron chi connectivity index (χ4n) is 9.57. The van der Waals surface area contributed by atoms with Gasteiger partial charge in [-0.2, -0.15) is 0 Å². The zero-order valence-corrected chi connectivity index (χ0v) is 34.6. The highest BCUT2D eigenvalue weighted by atomic mass is 28.3. The van der Waals surface area contributed by atoms with E-state index in [-0.39, 0.29) is 0 Å². The number of benzene rings is 10. The summed E-state index contributed by atoms with van der Waals surface area (Å²) in [5.41, 5.74) is 11.6. The van der Waals surface area contributed by atoms with E-state index in [1.54, 1.807) is 0 Å². The molecule has 0 atom stereocenters. The summed E-state index contributed by atoms with van der Waals surface area (Å²) in [6.07, 6.45) is 0. The van der Waals surface area contributed by atoms with Gasteiger partial charge in [0.2, 0.25) is 0 Å². The molecule has 288 valence electrons. The van der Waals surface area contributed by atoms with Crippen molar-refractivity contribution in [1.82, 2.24) is 0 Å². The minimum atomic E-state index is -2.95. The maximum absolute atomic E-state index is 2.95. The van der Waals surface area contributed by atoms with E-state index >= 15 is 0 Å². The van der Waals surface area contributed by atoms with Crippen LogP contribution in [0.4, 0.5) is 34.1 Å². The van der Waals surface area contributed by atoms with E-state index in [1.165, 1.54) is 65.1 Å². The Morgan fingerprint density at radius 1 is 0.328 bits per heavy atom. The molecule has 1 heterocycles. The maximum Gasteiger partial charge on any atom is 0.184 e. The number of hydrogen-bond acceptors (Lipinski definition) is 2. The monoisotopic (exact) mass is 794 g/mol. The van der Waals surface area contributed by atoms with Crippen LogP contribution in [0.3, 0.4) is 0 Å². The Balaban J connectivity index is 1.18. The highest BCUT2D eigenvalue weighted by molar-refractivity contribution is 7.21. The number of nitrogens with zero attached hydrogens (tertiary/aromatic N) is 2. The van der Waals surface area contributed by atoms with Crippen molar-refractivity contribution < 1.29 is 0 Å². The lowest BCUT2D eigenvalue weighted by Gasteiger charge is -2.45. The minimum Gasteiger partial charge on any atom is -0.311 e. The van der Waals surface area contributed by atoms with Crippen LogP contribution in [0.5, 0.6) is 0 Å². The molecule has 0 saturated carbocycles. The Hall–Kier alpha value is -7.72. The Morgan fingerprint density at radius 3 is 1.59 bits per heavy atom. The third-order valence-electron chi connectivity index (χ3n) is 12.3. The molecule has 0 fully saturated rings. The summed E-state index contributed by atoms with van der Waals surface area (Å²) in [6.45, 7) is 0. The van der Waals surface area contributed by atoms with Crippen molar-refractivity contribution >= 4 is 73.7 Å². The van der Waals surface area contributed by atoms with Gasteiger partial charge in [-0.05, 0) is 109 Å². The molecule has 0 bridgehead atoms. The van der Waals surface area contributed by atoms with Crippen LogP contribution < -0.4 is 30.5 Å². The van der Waals surface area contributed by atoms with Gasteiger partial charge in [0.1, 0.15) is 0 Å². The number of para-hydroxylation sites is 3. The molecule has 0 amide bonds. The first-order valence-electron chi connectivity index (χ1n) is 21.0. The van der Waals surface area contributed by atoms with Crippen LogP contribution in [-0.4, -0.2) is 8.07 Å². The molecular formula is C58H42N2Si. The van der Waals surface area contributed by atoms with Crippen LogP contribution >= 0.6 is 0 Å². The van der Waals surface area contributed by atoms with Gasteiger partial charge in [-0.1, -0.05) is 194 Å². The van der Waals surface area contributed by atoms with Crippen LogP contribution in [0.1, 0.15) is 0 Å². The zero-order valence-electron chi connectivity index (χ0n) is 33.6. The SMILES string of the molecule is c1ccc(-c2ccccc2N(c2ccc(-c3ccc4ccccc4c3)cc2)c2ccc3c(c2)[Si](c2ccccc2)(c2ccccc2)c2ccccc2N3c2ccccc2)cc1. The fraction of sp³-hybridized carbons (Fsp3) is 0. The van der Waals surface area contributed by atoms with Crippen molar-refractivity contribution in [2.75, 3.05) is 9.80 Å². The Morgan fingerprint density at radius 2 is 0.869 bits per heavy atom. The Kier molecular flexibility index (Phi) is 9.22. The van der Waals surface area contributed by atoms with Crippen molar-refractivity contribution in [3.63, 3.8) is 0 Å². The van der Waals surface area contributed by atoms with Crippen LogP contribution in [0.15, 0.2) is 255 Å². The first kappa shape index (κ1) is 36.4. The van der Waals surface area contributed by atoms with Crippen molar-refractivity contribution in [2.45, 2.75) is 0 Å². The minimum absolute atomic E-state index is 1.09. The summed E-state index contributed by atoms with van der Waals surface area (Å²) < 4.78 is 0. The smallest absolute Gasteiger partial charge is 0.184 e. The van der Waals surface area contributed by atoms with E-state index in [4.69, 9.17) is 0 Å². The molecule has 1 aliphatic heterocycles. The molecule has 0 N–H and O–H groups in total. The molecule has 0 spiro atoms. The topological polar surface area (TPSA) is 6.48 Å². The van der Waals surface area contributed by atoms with Gasteiger partial charge in [-0.25, -0.2) is 0 Å². The van der Waals surface area contributed by atoms with Crippen LogP contribution in [-0.2, 0) is 0 Å². The maximum atomic E-state index is 2.52. The van der Waals surface area contributed by atoms with E-state index in [0.29, 0.717) is 0 Å². The number of hydrogen-bond donors (Lipinski definition) is 0. The summed E-state index contributed by atoms with van der Waals surface area (Å²) >= 11 is 0. The van der Waals surface area contributed by atoms with Crippen LogP contribution in [0.25, 0.3) is 33.0 Å². The van der Waals surface area contributed by atoms with Gasteiger partial charge in [0.15, 0.2) is 8.07 Å². The standard InChI is InChI=1S/C58H42N2Si/c1-5-20-45(21-6-1)53-29-15-16-30-54(53)59(49-37-35-44(36-38-49)47-34-33-43-19-13-14-22-46(43)41-47)50-39-40-56-58(42-50)61(51-25-9-3-10-26-51,52-27-11-4-12-28-52)57-32-18-17-31-55(57)60(56)48-23-7-2-8-24-48/h1-42H. The van der Waals surface area contributed by atoms with Crippen molar-refractivity contribution in [3.8, 4) is 22.3 Å². The van der Waals surface area contributed by atoms with E-state index < -0.39 is 8.07 Å². The Labute approximate surface area is 358 Å². The van der Waals surface area contributed by atoms with Crippen LogP contribution in [0.2, 0.25) is 0 Å². The third-order valence-corrected chi connectivity index (χ3v) is 17.1. The molecular weight excluding hydrogens is 753 g/mol. The zero-order chi connectivity index (χ0) is 40.6. The van der Waals surface area contributed by atoms with E-state index in [9.17, 15) is 0 Å². The summed E-state index contributed by atoms with van der Waals surface area (Å²) in [6, 6.07) is 93.8. The van der Waals surface area contributed by atoms with E-state index in [0.717, 1.165) is 22.7 Å². The van der Waals surface area contributed by atoms with Gasteiger partial charge < -0.3 is 9.80 Å². The molecule has 0 aromatic heterocycles. The lowest BCUT2D eigenvalue weighted by molar-refractivity contribution is 1.26. The second kappa shape index (κ2) is 15.5. The summed E-state index contributed by atoms with van der Waals surface area (Å²) in [5, 5.41) is 7.92. The van der Waals surface area contributed by atoms with Gasteiger partial charge in [-0.15, -0.1) is 0 Å². The Bertz CT molecular complexity index is 3090. The van der Waals surface area contributed by atoms with Crippen molar-refractivity contribution in [3.05, 3.63) is 255 Å². The average molecular weight is 795 g/mol. The van der Waals surface area contributed by atoms with E-state index in [1.807, 2.05) is 0 Å². The first-order valence-corrected chi connectivity index (χ1v) is 23.0. The molecule has 10 aromatic rings. The molecule has 1 aliphatic rings. The van der Waals surface area contributed by atoms with Gasteiger partial charge in [0, 0.05) is 34.0 Å². The highest BCUT2D eigenvalue weighted by Gasteiger charge is 2.49. The number of fused-ring (bicyclic) bond motifs is 3. The molecule has 3 heteroatoms. The normalized spacial score (nSPS) is 12.7. The van der Waals surface area contributed by atoms with Crippen LogP contribution in [0, 0.1) is 0 Å². The molecule has 0 unspecified atom stereocenters. The second-order valence-electron chi connectivity index (χ2n) is 15.7. The molecule has 11 rings (SSSR count). The third kappa shape index (κ3) is 6.26. The molecule has 0 saturated heterocycles. The summed E-state index contributed by atoms with van der Waals surface area (Å²) in [4.78, 5) is 4.95. The van der Waals surface area contributed by atoms with Gasteiger partial charge >= 0.3 is 0 Å². The lowest BCUT2D eigenvalue weighted by atomic mass is 9.99. The number of rotatable bonds is 8. The predicted molar refractivity (Wildman–Crippen MR) is 261 cm³/mol. The molecule has 10 aromatic carbocycles. The van der Waals surface area contributed by atoms with Crippen molar-refractivity contribution in [2.24, 2.45) is 0 Å². The van der Waals surface area contributed by atoms with Crippen molar-refractivity contribution in [1.29, 1.82) is 0 Å².